The lowest BCUT2D eigenvalue weighted by atomic mass is 10.1. The van der Waals surface area contributed by atoms with Gasteiger partial charge in [-0.2, -0.15) is 16.8 Å². The van der Waals surface area contributed by atoms with Gasteiger partial charge >= 0.3 is 0 Å². The van der Waals surface area contributed by atoms with Crippen molar-refractivity contribution in [2.24, 2.45) is 0 Å². The highest BCUT2D eigenvalue weighted by Gasteiger charge is 2.27. The van der Waals surface area contributed by atoms with Crippen LogP contribution in [-0.2, 0) is 26.0 Å². The van der Waals surface area contributed by atoms with E-state index in [9.17, 15) is 21.4 Å². The van der Waals surface area contributed by atoms with Crippen LogP contribution < -0.4 is 4.90 Å². The summed E-state index contributed by atoms with van der Waals surface area (Å²) in [6.45, 7) is 0.464. The highest BCUT2D eigenvalue weighted by Crippen LogP contribution is 2.49. The topological polar surface area (TPSA) is 112 Å². The van der Waals surface area contributed by atoms with Crippen LogP contribution in [0.2, 0.25) is 10.0 Å². The van der Waals surface area contributed by atoms with E-state index in [2.05, 4.69) is 0 Å². The van der Waals surface area contributed by atoms with E-state index in [0.717, 1.165) is 20.3 Å². The van der Waals surface area contributed by atoms with Gasteiger partial charge in [-0.15, -0.1) is 11.3 Å². The predicted molar refractivity (Wildman–Crippen MR) is 140 cm³/mol. The van der Waals surface area contributed by atoms with Crippen molar-refractivity contribution in [2.75, 3.05) is 17.2 Å². The first-order chi connectivity index (χ1) is 15.9. The van der Waals surface area contributed by atoms with E-state index >= 15 is 0 Å². The van der Waals surface area contributed by atoms with Crippen LogP contribution in [0.5, 0.6) is 0 Å². The van der Waals surface area contributed by atoms with Gasteiger partial charge in [-0.1, -0.05) is 35.0 Å². The maximum Gasteiger partial charge on any atom is 0.269 e. The second kappa shape index (κ2) is 9.98. The zero-order chi connectivity index (χ0) is 24.7. The van der Waals surface area contributed by atoms with Gasteiger partial charge in [0.1, 0.15) is 5.75 Å². The van der Waals surface area contributed by atoms with Gasteiger partial charge in [0.05, 0.1) is 16.5 Å². The molecule has 2 heterocycles. The summed E-state index contributed by atoms with van der Waals surface area (Å²) in [4.78, 5) is 3.61. The van der Waals surface area contributed by atoms with Gasteiger partial charge in [0.15, 0.2) is 0 Å². The number of halogens is 2. The summed E-state index contributed by atoms with van der Waals surface area (Å²) in [6.07, 6.45) is 2.63. The second-order valence-corrected chi connectivity index (χ2v) is 13.7. The minimum absolute atomic E-state index is 0.276. The van der Waals surface area contributed by atoms with E-state index in [4.69, 9.17) is 27.8 Å². The Morgan fingerprint density at radius 3 is 2.35 bits per heavy atom. The number of thioether (sulfide) groups is 1. The molecule has 0 saturated heterocycles. The number of thiophene rings is 1. The minimum atomic E-state index is -4.30. The molecule has 0 radical (unpaired) electrons. The van der Waals surface area contributed by atoms with Crippen molar-refractivity contribution in [3.8, 4) is 0 Å². The molecule has 2 aromatic carbocycles. The van der Waals surface area contributed by atoms with Crippen LogP contribution in [-0.4, -0.2) is 38.2 Å². The Labute approximate surface area is 215 Å². The number of nitrogens with zero attached hydrogens (tertiary/aromatic N) is 1. The standard InChI is InChI=1S/C21H19Cl2NO6S4/c22-13-3-5-18-15(9-13)16(12-34(28,29)30)20(31-18)11-21-24(7-1-2-8-33(25,26)27)17-10-14(23)4-6-19(17)32-21/h3-6,9-11H,1-2,7-8,12H2,(H,25,26,27)(H,28,29,30). The molecule has 34 heavy (non-hydrogen) atoms. The molecule has 1 aromatic heterocycles. The monoisotopic (exact) mass is 579 g/mol. The Hall–Kier alpha value is -1.31. The van der Waals surface area contributed by atoms with E-state index in [1.54, 1.807) is 24.3 Å². The summed E-state index contributed by atoms with van der Waals surface area (Å²) in [5, 5.41) is 2.47. The van der Waals surface area contributed by atoms with Crippen molar-refractivity contribution in [1.82, 2.24) is 0 Å². The van der Waals surface area contributed by atoms with E-state index in [-0.39, 0.29) is 12.2 Å². The van der Waals surface area contributed by atoms with Crippen LogP contribution in [0.1, 0.15) is 23.3 Å². The number of hydrogen-bond donors (Lipinski definition) is 2. The minimum Gasteiger partial charge on any atom is -0.335 e. The van der Waals surface area contributed by atoms with Gasteiger partial charge < -0.3 is 4.90 Å². The zero-order valence-electron chi connectivity index (χ0n) is 17.4. The molecule has 13 heteroatoms. The van der Waals surface area contributed by atoms with Crippen molar-refractivity contribution in [3.63, 3.8) is 0 Å². The molecule has 182 valence electrons. The van der Waals surface area contributed by atoms with Crippen LogP contribution >= 0.6 is 46.3 Å². The lowest BCUT2D eigenvalue weighted by Gasteiger charge is -2.20. The normalized spacial score (nSPS) is 15.4. The van der Waals surface area contributed by atoms with E-state index < -0.39 is 26.0 Å². The molecule has 0 unspecified atom stereocenters. The lowest BCUT2D eigenvalue weighted by Crippen LogP contribution is -2.20. The molecule has 1 aliphatic rings. The number of hydrogen-bond acceptors (Lipinski definition) is 7. The molecule has 1 aliphatic heterocycles. The fourth-order valence-corrected chi connectivity index (χ4v) is 7.67. The molecular formula is C21H19Cl2NO6S4. The molecule has 0 amide bonds. The number of benzene rings is 2. The van der Waals surface area contributed by atoms with Crippen LogP contribution in [0, 0.1) is 0 Å². The Morgan fingerprint density at radius 2 is 1.65 bits per heavy atom. The number of rotatable bonds is 8. The lowest BCUT2D eigenvalue weighted by molar-refractivity contribution is 0.478. The maximum absolute atomic E-state index is 11.8. The third-order valence-corrected chi connectivity index (χ3v) is 9.29. The Morgan fingerprint density at radius 1 is 0.941 bits per heavy atom. The van der Waals surface area contributed by atoms with E-state index in [1.807, 2.05) is 23.1 Å². The van der Waals surface area contributed by atoms with Gasteiger partial charge in [-0.3, -0.25) is 9.11 Å². The van der Waals surface area contributed by atoms with Crippen LogP contribution in [0.3, 0.4) is 0 Å². The third kappa shape index (κ3) is 6.27. The van der Waals surface area contributed by atoms with Crippen molar-refractivity contribution in [2.45, 2.75) is 23.5 Å². The molecule has 7 nitrogen and oxygen atoms in total. The summed E-state index contributed by atoms with van der Waals surface area (Å²) < 4.78 is 65.1. The molecule has 4 rings (SSSR count). The highest BCUT2D eigenvalue weighted by atomic mass is 35.5. The van der Waals surface area contributed by atoms with Gasteiger partial charge in [0, 0.05) is 31.1 Å². The van der Waals surface area contributed by atoms with Crippen molar-refractivity contribution >= 4 is 88.4 Å². The molecular weight excluding hydrogens is 561 g/mol. The average molecular weight is 581 g/mol. The summed E-state index contributed by atoms with van der Waals surface area (Å²) in [5.74, 6) is -0.880. The highest BCUT2D eigenvalue weighted by molar-refractivity contribution is 8.04. The second-order valence-electron chi connectivity index (χ2n) is 7.65. The molecule has 2 N–H and O–H groups in total. The number of unbranched alkanes of at least 4 members (excludes halogenated alkanes) is 1. The van der Waals surface area contributed by atoms with Crippen molar-refractivity contribution in [3.05, 3.63) is 61.9 Å². The fraction of sp³-hybridized carbons (Fsp3) is 0.238. The van der Waals surface area contributed by atoms with Gasteiger partial charge in [0.2, 0.25) is 0 Å². The van der Waals surface area contributed by atoms with Crippen LogP contribution in [0.25, 0.3) is 16.2 Å². The smallest absolute Gasteiger partial charge is 0.269 e. The predicted octanol–water partition coefficient (Wildman–Crippen LogP) is 6.17. The molecule has 0 atom stereocenters. The van der Waals surface area contributed by atoms with E-state index in [0.29, 0.717) is 38.8 Å². The first kappa shape index (κ1) is 25.8. The molecule has 3 aromatic rings. The van der Waals surface area contributed by atoms with E-state index in [1.165, 1.54) is 23.1 Å². The third-order valence-electron chi connectivity index (χ3n) is 5.09. The average Bonchev–Trinajstić information content (AvgIpc) is 3.21. The molecule has 0 aliphatic carbocycles. The molecule has 0 bridgehead atoms. The summed E-state index contributed by atoms with van der Waals surface area (Å²) in [7, 11) is -8.34. The maximum atomic E-state index is 11.8. The summed E-state index contributed by atoms with van der Waals surface area (Å²) in [6, 6.07) is 10.7. The quantitative estimate of drug-likeness (QED) is 0.240. The number of anilines is 1. The van der Waals surface area contributed by atoms with Gasteiger partial charge in [-0.25, -0.2) is 0 Å². The van der Waals surface area contributed by atoms with Crippen LogP contribution in [0.4, 0.5) is 5.69 Å². The first-order valence-corrected chi connectivity index (χ1v) is 15.6. The SMILES string of the molecule is O=S(=O)(O)CCCCN1C(=Cc2sc3ccc(Cl)cc3c2CS(=O)(=O)O)Sc2ccc(Cl)cc21. The largest absolute Gasteiger partial charge is 0.335 e. The van der Waals surface area contributed by atoms with Crippen molar-refractivity contribution < 1.29 is 25.9 Å². The van der Waals surface area contributed by atoms with Gasteiger partial charge in [0.25, 0.3) is 20.2 Å². The molecule has 0 spiro atoms. The Bertz CT molecular complexity index is 1500. The molecule has 0 fully saturated rings. The van der Waals surface area contributed by atoms with Crippen molar-refractivity contribution in [1.29, 1.82) is 0 Å². The Kier molecular flexibility index (Phi) is 7.56. The Balaban J connectivity index is 1.74. The van der Waals surface area contributed by atoms with Gasteiger partial charge in [-0.05, 0) is 66.3 Å². The summed E-state index contributed by atoms with van der Waals surface area (Å²) >= 11 is 15.2. The van der Waals surface area contributed by atoms with Crippen LogP contribution in [0.15, 0.2) is 46.3 Å². The summed E-state index contributed by atoms with van der Waals surface area (Å²) in [5.41, 5.74) is 1.31. The number of fused-ring (bicyclic) bond motifs is 2. The zero-order valence-corrected chi connectivity index (χ0v) is 22.2. The molecule has 0 saturated carbocycles. The fourth-order valence-electron chi connectivity index (χ4n) is 3.67. The first-order valence-electron chi connectivity index (χ1n) is 9.97.